The van der Waals surface area contributed by atoms with Crippen LogP contribution in [0, 0.1) is 6.92 Å². The molecule has 0 unspecified atom stereocenters. The standard InChI is InChI=1S/C12H15N/c1-3-7-13-8-6-11-5-4-10(2)9-12(11)13/h4-6,8-9H,3,7H2,1-2H3. The number of fused-ring (bicyclic) bond motifs is 1. The Morgan fingerprint density at radius 1 is 1.23 bits per heavy atom. The molecule has 2 aromatic rings. The summed E-state index contributed by atoms with van der Waals surface area (Å²) in [6.07, 6.45) is 3.37. The monoisotopic (exact) mass is 173 g/mol. The minimum Gasteiger partial charge on any atom is -0.347 e. The molecule has 0 atom stereocenters. The maximum Gasteiger partial charge on any atom is 0.0482 e. The molecule has 68 valence electrons. The van der Waals surface area contributed by atoms with E-state index in [-0.39, 0.29) is 0 Å². The Morgan fingerprint density at radius 2 is 2.08 bits per heavy atom. The van der Waals surface area contributed by atoms with Gasteiger partial charge in [-0.25, -0.2) is 0 Å². The van der Waals surface area contributed by atoms with Gasteiger partial charge in [0.25, 0.3) is 0 Å². The highest BCUT2D eigenvalue weighted by atomic mass is 14.9. The molecule has 1 heteroatoms. The number of rotatable bonds is 2. The first-order valence-corrected chi connectivity index (χ1v) is 4.87. The molecule has 1 nitrogen and oxygen atoms in total. The third kappa shape index (κ3) is 1.46. The van der Waals surface area contributed by atoms with E-state index in [2.05, 4.69) is 48.9 Å². The molecule has 0 radical (unpaired) electrons. The summed E-state index contributed by atoms with van der Waals surface area (Å²) in [6.45, 7) is 5.47. The molecular weight excluding hydrogens is 158 g/mol. The summed E-state index contributed by atoms with van der Waals surface area (Å²) < 4.78 is 2.32. The SMILES string of the molecule is CCCn1ccc2ccc(C)cc21. The van der Waals surface area contributed by atoms with Crippen molar-refractivity contribution in [2.24, 2.45) is 0 Å². The molecule has 0 N–H and O–H groups in total. The summed E-state index contributed by atoms with van der Waals surface area (Å²) in [7, 11) is 0. The molecule has 1 aromatic heterocycles. The van der Waals surface area contributed by atoms with Gasteiger partial charge in [-0.1, -0.05) is 19.1 Å². The first kappa shape index (κ1) is 8.36. The van der Waals surface area contributed by atoms with Crippen LogP contribution in [0.5, 0.6) is 0 Å². The Kier molecular flexibility index (Phi) is 2.09. The largest absolute Gasteiger partial charge is 0.347 e. The summed E-state index contributed by atoms with van der Waals surface area (Å²) in [4.78, 5) is 0. The van der Waals surface area contributed by atoms with Crippen molar-refractivity contribution in [2.45, 2.75) is 26.8 Å². The van der Waals surface area contributed by atoms with Crippen LogP contribution in [0.1, 0.15) is 18.9 Å². The van der Waals surface area contributed by atoms with Crippen LogP contribution in [0.3, 0.4) is 0 Å². The van der Waals surface area contributed by atoms with Gasteiger partial charge in [-0.2, -0.15) is 0 Å². The third-order valence-electron chi connectivity index (χ3n) is 2.39. The Labute approximate surface area is 79.0 Å². The molecular formula is C12H15N. The van der Waals surface area contributed by atoms with E-state index in [0.29, 0.717) is 0 Å². The summed E-state index contributed by atoms with van der Waals surface area (Å²) in [5, 5.41) is 1.35. The van der Waals surface area contributed by atoms with Crippen LogP contribution < -0.4 is 0 Å². The van der Waals surface area contributed by atoms with Gasteiger partial charge in [-0.05, 0) is 36.4 Å². The highest BCUT2D eigenvalue weighted by molar-refractivity contribution is 5.80. The van der Waals surface area contributed by atoms with E-state index in [4.69, 9.17) is 0 Å². The topological polar surface area (TPSA) is 4.93 Å². The predicted molar refractivity (Wildman–Crippen MR) is 57.0 cm³/mol. The summed E-state index contributed by atoms with van der Waals surface area (Å²) in [5.41, 5.74) is 2.70. The van der Waals surface area contributed by atoms with Crippen molar-refractivity contribution in [1.82, 2.24) is 4.57 Å². The average Bonchev–Trinajstić information content (AvgIpc) is 2.49. The zero-order valence-corrected chi connectivity index (χ0v) is 8.25. The normalized spacial score (nSPS) is 10.9. The molecule has 2 rings (SSSR count). The van der Waals surface area contributed by atoms with Gasteiger partial charge in [-0.15, -0.1) is 0 Å². The molecule has 0 spiro atoms. The van der Waals surface area contributed by atoms with E-state index < -0.39 is 0 Å². The van der Waals surface area contributed by atoms with E-state index in [1.807, 2.05) is 0 Å². The van der Waals surface area contributed by atoms with Gasteiger partial charge in [0.15, 0.2) is 0 Å². The van der Waals surface area contributed by atoms with Crippen molar-refractivity contribution in [3.8, 4) is 0 Å². The number of benzene rings is 1. The van der Waals surface area contributed by atoms with Gasteiger partial charge < -0.3 is 4.57 Å². The van der Waals surface area contributed by atoms with Gasteiger partial charge in [0.1, 0.15) is 0 Å². The van der Waals surface area contributed by atoms with Gasteiger partial charge in [0.2, 0.25) is 0 Å². The van der Waals surface area contributed by atoms with E-state index in [0.717, 1.165) is 6.54 Å². The van der Waals surface area contributed by atoms with Gasteiger partial charge in [0, 0.05) is 18.3 Å². The second kappa shape index (κ2) is 3.25. The number of aryl methyl sites for hydroxylation is 2. The fourth-order valence-electron chi connectivity index (χ4n) is 1.73. The maximum absolute atomic E-state index is 2.32. The summed E-state index contributed by atoms with van der Waals surface area (Å²) in [5.74, 6) is 0. The number of hydrogen-bond acceptors (Lipinski definition) is 0. The van der Waals surface area contributed by atoms with Gasteiger partial charge in [0.05, 0.1) is 0 Å². The van der Waals surface area contributed by atoms with Crippen LogP contribution in [0.15, 0.2) is 30.5 Å². The van der Waals surface area contributed by atoms with Crippen LogP contribution in [0.25, 0.3) is 10.9 Å². The van der Waals surface area contributed by atoms with Crippen molar-refractivity contribution >= 4 is 10.9 Å². The van der Waals surface area contributed by atoms with E-state index in [1.54, 1.807) is 0 Å². The van der Waals surface area contributed by atoms with Crippen molar-refractivity contribution in [3.05, 3.63) is 36.0 Å². The van der Waals surface area contributed by atoms with Crippen LogP contribution >= 0.6 is 0 Å². The smallest absolute Gasteiger partial charge is 0.0482 e. The van der Waals surface area contributed by atoms with Crippen LogP contribution in [0.2, 0.25) is 0 Å². The van der Waals surface area contributed by atoms with Gasteiger partial charge >= 0.3 is 0 Å². The Bertz CT molecular complexity index is 412. The predicted octanol–water partition coefficient (Wildman–Crippen LogP) is 3.36. The Morgan fingerprint density at radius 3 is 2.85 bits per heavy atom. The second-order valence-corrected chi connectivity index (χ2v) is 3.57. The van der Waals surface area contributed by atoms with E-state index in [9.17, 15) is 0 Å². The van der Waals surface area contributed by atoms with Crippen molar-refractivity contribution < 1.29 is 0 Å². The molecule has 0 aliphatic rings. The molecule has 13 heavy (non-hydrogen) atoms. The zero-order chi connectivity index (χ0) is 9.26. The first-order valence-electron chi connectivity index (χ1n) is 4.87. The van der Waals surface area contributed by atoms with Crippen LogP contribution in [-0.4, -0.2) is 4.57 Å². The molecule has 0 saturated heterocycles. The van der Waals surface area contributed by atoms with Gasteiger partial charge in [-0.3, -0.25) is 0 Å². The quantitative estimate of drug-likeness (QED) is 0.656. The zero-order valence-electron chi connectivity index (χ0n) is 8.25. The van der Waals surface area contributed by atoms with Crippen LogP contribution in [0.4, 0.5) is 0 Å². The molecule has 0 aliphatic carbocycles. The van der Waals surface area contributed by atoms with Crippen molar-refractivity contribution in [1.29, 1.82) is 0 Å². The fourth-order valence-corrected chi connectivity index (χ4v) is 1.73. The number of nitrogens with zero attached hydrogens (tertiary/aromatic N) is 1. The molecule has 1 aromatic carbocycles. The lowest BCUT2D eigenvalue weighted by Crippen LogP contribution is -1.93. The summed E-state index contributed by atoms with van der Waals surface area (Å²) in [6, 6.07) is 8.80. The van der Waals surface area contributed by atoms with Crippen molar-refractivity contribution in [2.75, 3.05) is 0 Å². The fraction of sp³-hybridized carbons (Fsp3) is 0.333. The highest BCUT2D eigenvalue weighted by Gasteiger charge is 1.98. The summed E-state index contributed by atoms with van der Waals surface area (Å²) >= 11 is 0. The third-order valence-corrected chi connectivity index (χ3v) is 2.39. The molecule has 0 saturated carbocycles. The average molecular weight is 173 g/mol. The molecule has 0 bridgehead atoms. The minimum absolute atomic E-state index is 1.12. The molecule has 0 amide bonds. The molecule has 0 fully saturated rings. The molecule has 1 heterocycles. The first-order chi connectivity index (χ1) is 6.31. The minimum atomic E-state index is 1.12. The Hall–Kier alpha value is -1.24. The number of hydrogen-bond donors (Lipinski definition) is 0. The highest BCUT2D eigenvalue weighted by Crippen LogP contribution is 2.17. The molecule has 0 aliphatic heterocycles. The van der Waals surface area contributed by atoms with Crippen molar-refractivity contribution in [3.63, 3.8) is 0 Å². The van der Waals surface area contributed by atoms with E-state index >= 15 is 0 Å². The lowest BCUT2D eigenvalue weighted by molar-refractivity contribution is 0.703. The maximum atomic E-state index is 2.32. The second-order valence-electron chi connectivity index (χ2n) is 3.57. The lowest BCUT2D eigenvalue weighted by Gasteiger charge is -2.02. The Balaban J connectivity index is 2.58. The number of aromatic nitrogens is 1. The lowest BCUT2D eigenvalue weighted by atomic mass is 10.2. The van der Waals surface area contributed by atoms with E-state index in [1.165, 1.54) is 22.9 Å². The van der Waals surface area contributed by atoms with Crippen LogP contribution in [-0.2, 0) is 6.54 Å².